The van der Waals surface area contributed by atoms with Crippen LogP contribution in [0.3, 0.4) is 0 Å². The van der Waals surface area contributed by atoms with Crippen LogP contribution in [0.5, 0.6) is 0 Å². The van der Waals surface area contributed by atoms with Gasteiger partial charge in [0.1, 0.15) is 0 Å². The lowest BCUT2D eigenvalue weighted by Crippen LogP contribution is -2.37. The average molecular weight is 264 g/mol. The molecule has 2 unspecified atom stereocenters. The molecule has 1 fully saturated rings. The molecule has 0 radical (unpaired) electrons. The monoisotopic (exact) mass is 264 g/mol. The Kier molecular flexibility index (Phi) is 2.53. The van der Waals surface area contributed by atoms with Gasteiger partial charge in [0.05, 0.1) is 0 Å². The molecule has 0 aromatic heterocycles. The van der Waals surface area contributed by atoms with Gasteiger partial charge in [0.25, 0.3) is 0 Å². The van der Waals surface area contributed by atoms with E-state index < -0.39 is 0 Å². The van der Waals surface area contributed by atoms with Crippen molar-refractivity contribution in [3.8, 4) is 0 Å². The topological polar surface area (TPSA) is 52.0 Å². The Labute approximate surface area is 119 Å². The molecule has 2 heteroatoms. The fourth-order valence-corrected chi connectivity index (χ4v) is 4.01. The minimum absolute atomic E-state index is 0.0909. The van der Waals surface area contributed by atoms with Gasteiger partial charge >= 0.3 is 0 Å². The van der Waals surface area contributed by atoms with Crippen molar-refractivity contribution < 1.29 is 0 Å². The van der Waals surface area contributed by atoms with Gasteiger partial charge in [0.2, 0.25) is 0 Å². The van der Waals surface area contributed by atoms with E-state index in [0.717, 1.165) is 6.42 Å². The van der Waals surface area contributed by atoms with Gasteiger partial charge in [0.15, 0.2) is 0 Å². The zero-order valence-electron chi connectivity index (χ0n) is 11.5. The second-order valence-corrected chi connectivity index (χ2v) is 6.30. The highest BCUT2D eigenvalue weighted by molar-refractivity contribution is 5.44. The number of hydrogen-bond acceptors (Lipinski definition) is 2. The zero-order valence-corrected chi connectivity index (χ0v) is 11.5. The van der Waals surface area contributed by atoms with Gasteiger partial charge in [0, 0.05) is 11.6 Å². The molecule has 1 saturated carbocycles. The van der Waals surface area contributed by atoms with E-state index in [-0.39, 0.29) is 11.6 Å². The van der Waals surface area contributed by atoms with Gasteiger partial charge in [-0.25, -0.2) is 0 Å². The normalized spacial score (nSPS) is 34.8. The SMILES string of the molecule is NC1CC(N)([C@@H]2C[C@H]2c2ccccc2)c2ccccc21. The number of rotatable bonds is 2. The molecule has 2 aliphatic rings. The quantitative estimate of drug-likeness (QED) is 0.876. The van der Waals surface area contributed by atoms with Crippen LogP contribution < -0.4 is 11.5 Å². The molecule has 20 heavy (non-hydrogen) atoms. The second kappa shape index (κ2) is 4.18. The zero-order chi connectivity index (χ0) is 13.7. The Hall–Kier alpha value is -1.64. The summed E-state index contributed by atoms with van der Waals surface area (Å²) in [5.74, 6) is 1.12. The third-order valence-corrected chi connectivity index (χ3v) is 5.10. The van der Waals surface area contributed by atoms with E-state index >= 15 is 0 Å². The summed E-state index contributed by atoms with van der Waals surface area (Å²) in [5.41, 5.74) is 16.8. The molecule has 4 atom stereocenters. The molecule has 0 spiro atoms. The lowest BCUT2D eigenvalue weighted by Gasteiger charge is -2.26. The van der Waals surface area contributed by atoms with Crippen molar-refractivity contribution >= 4 is 0 Å². The van der Waals surface area contributed by atoms with Crippen LogP contribution in [0.4, 0.5) is 0 Å². The summed E-state index contributed by atoms with van der Waals surface area (Å²) in [6.45, 7) is 0. The Morgan fingerprint density at radius 1 is 0.950 bits per heavy atom. The molecule has 4 N–H and O–H groups in total. The molecule has 0 bridgehead atoms. The van der Waals surface area contributed by atoms with Crippen molar-refractivity contribution in [2.45, 2.75) is 30.3 Å². The molecule has 2 aromatic carbocycles. The van der Waals surface area contributed by atoms with Crippen molar-refractivity contribution in [2.24, 2.45) is 17.4 Å². The number of nitrogens with two attached hydrogens (primary N) is 2. The Morgan fingerprint density at radius 3 is 2.45 bits per heavy atom. The fraction of sp³-hybridized carbons (Fsp3) is 0.333. The molecular weight excluding hydrogens is 244 g/mol. The lowest BCUT2D eigenvalue weighted by atomic mass is 9.85. The highest BCUT2D eigenvalue weighted by Gasteiger charge is 2.55. The first-order valence-electron chi connectivity index (χ1n) is 7.39. The Bertz CT molecular complexity index is 637. The molecule has 0 aliphatic heterocycles. The maximum atomic E-state index is 6.81. The summed E-state index contributed by atoms with van der Waals surface area (Å²) >= 11 is 0. The van der Waals surface area contributed by atoms with Crippen LogP contribution in [0, 0.1) is 5.92 Å². The maximum Gasteiger partial charge on any atom is 0.0465 e. The number of fused-ring (bicyclic) bond motifs is 1. The molecule has 102 valence electrons. The summed E-state index contributed by atoms with van der Waals surface area (Å²) in [5, 5.41) is 0. The maximum absolute atomic E-state index is 6.81. The van der Waals surface area contributed by atoms with Gasteiger partial charge in [-0.05, 0) is 41.4 Å². The molecule has 2 aliphatic carbocycles. The molecule has 2 nitrogen and oxygen atoms in total. The van der Waals surface area contributed by atoms with Crippen LogP contribution in [0.15, 0.2) is 54.6 Å². The van der Waals surface area contributed by atoms with Crippen LogP contribution in [0.2, 0.25) is 0 Å². The molecule has 0 heterocycles. The summed E-state index contributed by atoms with van der Waals surface area (Å²) in [4.78, 5) is 0. The van der Waals surface area contributed by atoms with E-state index in [1.807, 2.05) is 0 Å². The van der Waals surface area contributed by atoms with Crippen molar-refractivity contribution in [2.75, 3.05) is 0 Å². The summed E-state index contributed by atoms with van der Waals surface area (Å²) in [6, 6.07) is 19.3. The minimum atomic E-state index is -0.240. The van der Waals surface area contributed by atoms with E-state index in [1.54, 1.807) is 0 Å². The van der Waals surface area contributed by atoms with Crippen molar-refractivity contribution in [1.29, 1.82) is 0 Å². The predicted molar refractivity (Wildman–Crippen MR) is 81.1 cm³/mol. The smallest absolute Gasteiger partial charge is 0.0465 e. The molecule has 0 amide bonds. The first-order chi connectivity index (χ1) is 9.70. The minimum Gasteiger partial charge on any atom is -0.324 e. The number of hydrogen-bond donors (Lipinski definition) is 2. The second-order valence-electron chi connectivity index (χ2n) is 6.30. The van der Waals surface area contributed by atoms with E-state index in [4.69, 9.17) is 11.5 Å². The van der Waals surface area contributed by atoms with Crippen LogP contribution >= 0.6 is 0 Å². The van der Waals surface area contributed by atoms with E-state index in [9.17, 15) is 0 Å². The number of benzene rings is 2. The first kappa shape index (κ1) is 12.1. The standard InChI is InChI=1S/C18H20N2/c19-17-11-18(20,15-9-5-4-8-13(15)17)16-10-14(16)12-6-2-1-3-7-12/h1-9,14,16-17H,10-11,19-20H2/t14-,16+,17?,18?/m0/s1. The van der Waals surface area contributed by atoms with Crippen LogP contribution in [-0.2, 0) is 5.54 Å². The van der Waals surface area contributed by atoms with E-state index in [1.165, 1.54) is 23.1 Å². The largest absolute Gasteiger partial charge is 0.324 e. The summed E-state index contributed by atoms with van der Waals surface area (Å²) in [7, 11) is 0. The van der Waals surface area contributed by atoms with Crippen LogP contribution in [0.25, 0.3) is 0 Å². The first-order valence-corrected chi connectivity index (χ1v) is 7.39. The van der Waals surface area contributed by atoms with Gasteiger partial charge in [-0.15, -0.1) is 0 Å². The third-order valence-electron chi connectivity index (χ3n) is 5.10. The van der Waals surface area contributed by atoms with E-state index in [0.29, 0.717) is 11.8 Å². The van der Waals surface area contributed by atoms with Crippen molar-refractivity contribution in [1.82, 2.24) is 0 Å². The van der Waals surface area contributed by atoms with Gasteiger partial charge in [-0.1, -0.05) is 54.6 Å². The average Bonchev–Trinajstić information content (AvgIpc) is 3.25. The molecule has 2 aromatic rings. The summed E-state index contributed by atoms with van der Waals surface area (Å²) < 4.78 is 0. The van der Waals surface area contributed by atoms with E-state index in [2.05, 4.69) is 54.6 Å². The molecular formula is C18H20N2. The predicted octanol–water partition coefficient (Wildman–Crippen LogP) is 3.05. The molecule has 0 saturated heterocycles. The Morgan fingerprint density at radius 2 is 1.65 bits per heavy atom. The van der Waals surface area contributed by atoms with Crippen molar-refractivity contribution in [3.63, 3.8) is 0 Å². The summed E-state index contributed by atoms with van der Waals surface area (Å²) in [6.07, 6.45) is 2.06. The van der Waals surface area contributed by atoms with Gasteiger partial charge < -0.3 is 11.5 Å². The van der Waals surface area contributed by atoms with Crippen molar-refractivity contribution in [3.05, 3.63) is 71.3 Å². The Balaban J connectivity index is 1.68. The molecule has 4 rings (SSSR count). The highest BCUT2D eigenvalue weighted by atomic mass is 14.9. The van der Waals surface area contributed by atoms with Gasteiger partial charge in [-0.2, -0.15) is 0 Å². The van der Waals surface area contributed by atoms with Crippen LogP contribution in [0.1, 0.15) is 41.5 Å². The lowest BCUT2D eigenvalue weighted by molar-refractivity contribution is 0.355. The fourth-order valence-electron chi connectivity index (χ4n) is 4.01. The third kappa shape index (κ3) is 1.65. The highest BCUT2D eigenvalue weighted by Crippen LogP contribution is 2.60. The van der Waals surface area contributed by atoms with Crippen LogP contribution in [-0.4, -0.2) is 0 Å². The van der Waals surface area contributed by atoms with Gasteiger partial charge in [-0.3, -0.25) is 0 Å².